The van der Waals surface area contributed by atoms with Crippen LogP contribution in [0.15, 0.2) is 30.5 Å². The molecule has 2 aromatic rings. The standard InChI is InChI=1S/C13H7Cl3N2/c14-10-7-12(16)11(15)6-9(10)8-2-1-5-18-13(8)3-4-17/h1-2,5-7H,3H2. The fraction of sp³-hybridized carbons (Fsp3) is 0.0769. The average Bonchev–Trinajstić information content (AvgIpc) is 2.35. The Bertz CT molecular complexity index is 633. The van der Waals surface area contributed by atoms with Crippen LogP contribution in [-0.2, 0) is 6.42 Å². The molecule has 0 N–H and O–H groups in total. The monoisotopic (exact) mass is 296 g/mol. The van der Waals surface area contributed by atoms with E-state index < -0.39 is 0 Å². The molecule has 0 saturated heterocycles. The molecule has 0 aliphatic rings. The molecule has 2 nitrogen and oxygen atoms in total. The van der Waals surface area contributed by atoms with Gasteiger partial charge in [0.05, 0.1) is 33.3 Å². The highest BCUT2D eigenvalue weighted by atomic mass is 35.5. The molecule has 2 rings (SSSR count). The Hall–Kier alpha value is -1.27. The van der Waals surface area contributed by atoms with Crippen molar-refractivity contribution in [2.45, 2.75) is 6.42 Å². The molecular formula is C13H7Cl3N2. The van der Waals surface area contributed by atoms with E-state index in [1.165, 1.54) is 0 Å². The zero-order chi connectivity index (χ0) is 13.1. The summed E-state index contributed by atoms with van der Waals surface area (Å²) in [6.07, 6.45) is 1.86. The third-order valence-electron chi connectivity index (χ3n) is 2.44. The normalized spacial score (nSPS) is 10.1. The first kappa shape index (κ1) is 13.2. The number of hydrogen-bond donors (Lipinski definition) is 0. The Morgan fingerprint density at radius 2 is 1.78 bits per heavy atom. The summed E-state index contributed by atoms with van der Waals surface area (Å²) in [4.78, 5) is 4.18. The van der Waals surface area contributed by atoms with Crippen molar-refractivity contribution in [3.8, 4) is 17.2 Å². The maximum absolute atomic E-state index is 8.79. The van der Waals surface area contributed by atoms with Crippen molar-refractivity contribution in [3.63, 3.8) is 0 Å². The van der Waals surface area contributed by atoms with Gasteiger partial charge in [0.2, 0.25) is 0 Å². The van der Waals surface area contributed by atoms with E-state index in [1.54, 1.807) is 24.4 Å². The molecule has 0 amide bonds. The number of aromatic nitrogens is 1. The summed E-state index contributed by atoms with van der Waals surface area (Å²) in [6.45, 7) is 0. The van der Waals surface area contributed by atoms with E-state index in [0.717, 1.165) is 11.1 Å². The second kappa shape index (κ2) is 5.58. The number of benzene rings is 1. The van der Waals surface area contributed by atoms with Crippen molar-refractivity contribution in [2.24, 2.45) is 0 Å². The lowest BCUT2D eigenvalue weighted by Crippen LogP contribution is -1.93. The molecule has 1 aromatic carbocycles. The summed E-state index contributed by atoms with van der Waals surface area (Å²) in [5.74, 6) is 0. The van der Waals surface area contributed by atoms with E-state index >= 15 is 0 Å². The maximum Gasteiger partial charge on any atom is 0.0781 e. The lowest BCUT2D eigenvalue weighted by Gasteiger charge is -2.09. The van der Waals surface area contributed by atoms with Gasteiger partial charge in [-0.05, 0) is 18.2 Å². The van der Waals surface area contributed by atoms with Gasteiger partial charge in [-0.3, -0.25) is 4.98 Å². The Morgan fingerprint density at radius 1 is 1.06 bits per heavy atom. The van der Waals surface area contributed by atoms with Crippen LogP contribution in [0.25, 0.3) is 11.1 Å². The van der Waals surface area contributed by atoms with Crippen molar-refractivity contribution in [2.75, 3.05) is 0 Å². The van der Waals surface area contributed by atoms with E-state index in [-0.39, 0.29) is 6.42 Å². The minimum atomic E-state index is 0.215. The van der Waals surface area contributed by atoms with Gasteiger partial charge in [0.25, 0.3) is 0 Å². The van der Waals surface area contributed by atoms with Gasteiger partial charge < -0.3 is 0 Å². The highest BCUT2D eigenvalue weighted by molar-refractivity contribution is 6.44. The molecule has 5 heteroatoms. The van der Waals surface area contributed by atoms with Crippen molar-refractivity contribution in [1.29, 1.82) is 5.26 Å². The smallest absolute Gasteiger partial charge is 0.0781 e. The summed E-state index contributed by atoms with van der Waals surface area (Å²) in [5, 5.41) is 10.1. The lowest BCUT2D eigenvalue weighted by atomic mass is 10.0. The van der Waals surface area contributed by atoms with E-state index in [1.807, 2.05) is 6.07 Å². The van der Waals surface area contributed by atoms with Gasteiger partial charge >= 0.3 is 0 Å². The zero-order valence-electron chi connectivity index (χ0n) is 9.12. The van der Waals surface area contributed by atoms with Crippen LogP contribution in [-0.4, -0.2) is 4.98 Å². The summed E-state index contributed by atoms with van der Waals surface area (Å²) in [7, 11) is 0. The number of halogens is 3. The van der Waals surface area contributed by atoms with Crippen molar-refractivity contribution in [1.82, 2.24) is 4.98 Å². The van der Waals surface area contributed by atoms with Gasteiger partial charge in [0.15, 0.2) is 0 Å². The maximum atomic E-state index is 8.79. The topological polar surface area (TPSA) is 36.7 Å². The van der Waals surface area contributed by atoms with Crippen LogP contribution in [0.5, 0.6) is 0 Å². The molecule has 0 fully saturated rings. The van der Waals surface area contributed by atoms with Crippen LogP contribution in [0.3, 0.4) is 0 Å². The third-order valence-corrected chi connectivity index (χ3v) is 3.47. The Labute approximate surface area is 120 Å². The molecule has 0 aliphatic heterocycles. The summed E-state index contributed by atoms with van der Waals surface area (Å²) < 4.78 is 0. The Balaban J connectivity index is 2.62. The van der Waals surface area contributed by atoms with Crippen LogP contribution in [0.2, 0.25) is 15.1 Å². The molecule has 0 aliphatic carbocycles. The minimum absolute atomic E-state index is 0.215. The first-order chi connectivity index (χ1) is 8.63. The molecule has 0 spiro atoms. The molecule has 0 atom stereocenters. The van der Waals surface area contributed by atoms with Crippen molar-refractivity contribution in [3.05, 3.63) is 51.2 Å². The fourth-order valence-electron chi connectivity index (χ4n) is 1.63. The number of pyridine rings is 1. The zero-order valence-corrected chi connectivity index (χ0v) is 11.4. The van der Waals surface area contributed by atoms with E-state index in [2.05, 4.69) is 11.1 Å². The molecule has 18 heavy (non-hydrogen) atoms. The van der Waals surface area contributed by atoms with Gasteiger partial charge in [-0.25, -0.2) is 0 Å². The molecule has 0 saturated carbocycles. The van der Waals surface area contributed by atoms with E-state index in [4.69, 9.17) is 40.1 Å². The van der Waals surface area contributed by atoms with Crippen LogP contribution in [0.4, 0.5) is 0 Å². The van der Waals surface area contributed by atoms with Gasteiger partial charge in [-0.1, -0.05) is 40.9 Å². The van der Waals surface area contributed by atoms with Crippen molar-refractivity contribution < 1.29 is 0 Å². The quantitative estimate of drug-likeness (QED) is 0.748. The van der Waals surface area contributed by atoms with Gasteiger partial charge in [-0.2, -0.15) is 5.26 Å². The minimum Gasteiger partial charge on any atom is -0.260 e. The molecule has 0 radical (unpaired) electrons. The average molecular weight is 298 g/mol. The third kappa shape index (κ3) is 2.59. The van der Waals surface area contributed by atoms with Crippen LogP contribution in [0, 0.1) is 11.3 Å². The van der Waals surface area contributed by atoms with Gasteiger partial charge in [-0.15, -0.1) is 0 Å². The SMILES string of the molecule is N#CCc1ncccc1-c1cc(Cl)c(Cl)cc1Cl. The van der Waals surface area contributed by atoms with Crippen LogP contribution in [0.1, 0.15) is 5.69 Å². The van der Waals surface area contributed by atoms with E-state index in [9.17, 15) is 0 Å². The fourth-order valence-corrected chi connectivity index (χ4v) is 2.28. The molecular weight excluding hydrogens is 291 g/mol. The second-order valence-corrected chi connectivity index (χ2v) is 4.80. The Kier molecular flexibility index (Phi) is 4.08. The molecule has 0 bridgehead atoms. The van der Waals surface area contributed by atoms with Crippen LogP contribution >= 0.6 is 34.8 Å². The van der Waals surface area contributed by atoms with Crippen LogP contribution < -0.4 is 0 Å². The molecule has 1 heterocycles. The first-order valence-electron chi connectivity index (χ1n) is 5.09. The first-order valence-corrected chi connectivity index (χ1v) is 6.22. The molecule has 90 valence electrons. The predicted molar refractivity (Wildman–Crippen MR) is 74.0 cm³/mol. The number of hydrogen-bond acceptors (Lipinski definition) is 2. The van der Waals surface area contributed by atoms with Gasteiger partial charge in [0, 0.05) is 17.3 Å². The molecule has 0 unspecified atom stereocenters. The second-order valence-electron chi connectivity index (χ2n) is 3.58. The molecule has 1 aromatic heterocycles. The number of rotatable bonds is 2. The summed E-state index contributed by atoms with van der Waals surface area (Å²) in [6, 6.07) is 8.99. The highest BCUT2D eigenvalue weighted by Crippen LogP contribution is 2.36. The van der Waals surface area contributed by atoms with Crippen molar-refractivity contribution >= 4 is 34.8 Å². The number of nitriles is 1. The lowest BCUT2D eigenvalue weighted by molar-refractivity contribution is 1.12. The van der Waals surface area contributed by atoms with E-state index in [0.29, 0.717) is 20.8 Å². The van der Waals surface area contributed by atoms with Gasteiger partial charge in [0.1, 0.15) is 0 Å². The largest absolute Gasteiger partial charge is 0.260 e. The Morgan fingerprint density at radius 3 is 2.50 bits per heavy atom. The highest BCUT2D eigenvalue weighted by Gasteiger charge is 2.12. The summed E-state index contributed by atoms with van der Waals surface area (Å²) in [5.41, 5.74) is 2.19. The summed E-state index contributed by atoms with van der Waals surface area (Å²) >= 11 is 18.0. The number of nitrogens with zero attached hydrogens (tertiary/aromatic N) is 2. The predicted octanol–water partition coefficient (Wildman–Crippen LogP) is 4.77.